The van der Waals surface area contributed by atoms with E-state index in [0.29, 0.717) is 5.02 Å². The summed E-state index contributed by atoms with van der Waals surface area (Å²) in [5, 5.41) is 12.2. The van der Waals surface area contributed by atoms with Crippen LogP contribution in [0, 0.1) is 0 Å². The van der Waals surface area contributed by atoms with E-state index in [-0.39, 0.29) is 11.7 Å². The van der Waals surface area contributed by atoms with E-state index < -0.39 is 0 Å². The molecule has 122 valence electrons. The third-order valence-electron chi connectivity index (χ3n) is 5.25. The molecular formula is C18H21ClN2O2. The summed E-state index contributed by atoms with van der Waals surface area (Å²) in [7, 11) is 0. The number of aliphatic hydroxyl groups excluding tert-OH is 1. The highest BCUT2D eigenvalue weighted by Crippen LogP contribution is 2.38. The van der Waals surface area contributed by atoms with Gasteiger partial charge >= 0.3 is 0 Å². The van der Waals surface area contributed by atoms with Crippen LogP contribution in [0.3, 0.4) is 0 Å². The Morgan fingerprint density at radius 1 is 1.26 bits per heavy atom. The number of piperidine rings is 1. The number of aliphatic hydroxyl groups is 1. The molecule has 2 fully saturated rings. The van der Waals surface area contributed by atoms with Crippen LogP contribution in [0.2, 0.25) is 5.02 Å². The van der Waals surface area contributed by atoms with Gasteiger partial charge in [-0.2, -0.15) is 0 Å². The van der Waals surface area contributed by atoms with Gasteiger partial charge in [-0.3, -0.25) is 4.98 Å². The van der Waals surface area contributed by atoms with Gasteiger partial charge in [0, 0.05) is 42.0 Å². The van der Waals surface area contributed by atoms with Crippen molar-refractivity contribution >= 4 is 28.2 Å². The van der Waals surface area contributed by atoms with Crippen molar-refractivity contribution in [2.45, 2.75) is 37.4 Å². The molecule has 4 nitrogen and oxygen atoms in total. The molecule has 2 aliphatic heterocycles. The lowest BCUT2D eigenvalue weighted by Gasteiger charge is -2.47. The lowest BCUT2D eigenvalue weighted by Crippen LogP contribution is -2.55. The lowest BCUT2D eigenvalue weighted by atomic mass is 9.82. The van der Waals surface area contributed by atoms with E-state index in [9.17, 15) is 5.11 Å². The normalized spacial score (nSPS) is 24.3. The van der Waals surface area contributed by atoms with E-state index in [2.05, 4.69) is 16.0 Å². The molecule has 0 aliphatic carbocycles. The molecule has 4 rings (SSSR count). The van der Waals surface area contributed by atoms with Crippen LogP contribution in [0.1, 0.15) is 25.7 Å². The minimum Gasteiger partial charge on any atom is -0.390 e. The van der Waals surface area contributed by atoms with Crippen LogP contribution in [0.4, 0.5) is 5.69 Å². The molecule has 0 unspecified atom stereocenters. The zero-order valence-corrected chi connectivity index (χ0v) is 13.8. The van der Waals surface area contributed by atoms with Crippen LogP contribution < -0.4 is 4.90 Å². The fourth-order valence-corrected chi connectivity index (χ4v) is 4.06. The fourth-order valence-electron chi connectivity index (χ4n) is 3.90. The SMILES string of the molecule is O[C@H]1CCCOC12CCN(c1ccnc3cc(Cl)ccc13)CC2. The van der Waals surface area contributed by atoms with Gasteiger partial charge in [-0.25, -0.2) is 0 Å². The second-order valence-electron chi connectivity index (χ2n) is 6.55. The summed E-state index contributed by atoms with van der Waals surface area (Å²) in [5.74, 6) is 0. The first kappa shape index (κ1) is 15.2. The number of fused-ring (bicyclic) bond motifs is 1. The number of nitrogens with zero attached hydrogens (tertiary/aromatic N) is 2. The highest BCUT2D eigenvalue weighted by atomic mass is 35.5. The summed E-state index contributed by atoms with van der Waals surface area (Å²) in [6.45, 7) is 2.55. The molecule has 0 saturated carbocycles. The van der Waals surface area contributed by atoms with Gasteiger partial charge in [0.15, 0.2) is 0 Å². The summed E-state index contributed by atoms with van der Waals surface area (Å²) >= 11 is 6.07. The first-order valence-electron chi connectivity index (χ1n) is 8.29. The van der Waals surface area contributed by atoms with E-state index in [0.717, 1.165) is 56.3 Å². The monoisotopic (exact) mass is 332 g/mol. The Hall–Kier alpha value is -1.36. The van der Waals surface area contributed by atoms with E-state index >= 15 is 0 Å². The van der Waals surface area contributed by atoms with Crippen molar-refractivity contribution in [2.24, 2.45) is 0 Å². The summed E-state index contributed by atoms with van der Waals surface area (Å²) in [6.07, 6.45) is 5.06. The summed E-state index contributed by atoms with van der Waals surface area (Å²) < 4.78 is 6.00. The summed E-state index contributed by atoms with van der Waals surface area (Å²) in [4.78, 5) is 6.79. The van der Waals surface area contributed by atoms with Gasteiger partial charge in [0.05, 0.1) is 17.2 Å². The van der Waals surface area contributed by atoms with Crippen molar-refractivity contribution in [2.75, 3.05) is 24.6 Å². The highest BCUT2D eigenvalue weighted by molar-refractivity contribution is 6.31. The Morgan fingerprint density at radius 3 is 2.87 bits per heavy atom. The first-order valence-corrected chi connectivity index (χ1v) is 8.67. The molecule has 23 heavy (non-hydrogen) atoms. The number of rotatable bonds is 1. The average molecular weight is 333 g/mol. The molecule has 0 radical (unpaired) electrons. The minimum absolute atomic E-state index is 0.327. The van der Waals surface area contributed by atoms with Gasteiger partial charge in [0.25, 0.3) is 0 Å². The molecule has 0 bridgehead atoms. The Morgan fingerprint density at radius 2 is 2.09 bits per heavy atom. The number of benzene rings is 1. The number of pyridine rings is 1. The van der Waals surface area contributed by atoms with Gasteiger partial charge in [-0.1, -0.05) is 11.6 Å². The Bertz CT molecular complexity index is 713. The number of aromatic nitrogens is 1. The second-order valence-corrected chi connectivity index (χ2v) is 6.99. The molecule has 1 aromatic heterocycles. The topological polar surface area (TPSA) is 45.6 Å². The molecule has 2 aliphatic rings. The van der Waals surface area contributed by atoms with Crippen LogP contribution in [0.5, 0.6) is 0 Å². The molecular weight excluding hydrogens is 312 g/mol. The lowest BCUT2D eigenvalue weighted by molar-refractivity contribution is -0.164. The predicted molar refractivity (Wildman–Crippen MR) is 92.1 cm³/mol. The molecule has 1 aromatic carbocycles. The third-order valence-corrected chi connectivity index (χ3v) is 5.49. The summed E-state index contributed by atoms with van der Waals surface area (Å²) in [6, 6.07) is 7.91. The number of halogens is 1. The molecule has 1 atom stereocenters. The van der Waals surface area contributed by atoms with Gasteiger partial charge < -0.3 is 14.7 Å². The van der Waals surface area contributed by atoms with Crippen LogP contribution in [-0.4, -0.2) is 41.5 Å². The number of hydrogen-bond donors (Lipinski definition) is 1. The second kappa shape index (κ2) is 5.93. The van der Waals surface area contributed by atoms with Crippen LogP contribution >= 0.6 is 11.6 Å². The highest BCUT2D eigenvalue weighted by Gasteiger charge is 2.43. The zero-order valence-electron chi connectivity index (χ0n) is 13.0. The first-order chi connectivity index (χ1) is 11.2. The predicted octanol–water partition coefficient (Wildman–Crippen LogP) is 3.40. The van der Waals surface area contributed by atoms with E-state index in [1.54, 1.807) is 0 Å². The molecule has 1 N–H and O–H groups in total. The van der Waals surface area contributed by atoms with Crippen LogP contribution in [-0.2, 0) is 4.74 Å². The van der Waals surface area contributed by atoms with Crippen LogP contribution in [0.15, 0.2) is 30.5 Å². The molecule has 5 heteroatoms. The van der Waals surface area contributed by atoms with Crippen molar-refractivity contribution in [3.8, 4) is 0 Å². The van der Waals surface area contributed by atoms with Gasteiger partial charge in [0.1, 0.15) is 0 Å². The fraction of sp³-hybridized carbons (Fsp3) is 0.500. The average Bonchev–Trinajstić information content (AvgIpc) is 2.58. The maximum absolute atomic E-state index is 10.4. The largest absolute Gasteiger partial charge is 0.390 e. The zero-order chi connectivity index (χ0) is 15.9. The number of hydrogen-bond acceptors (Lipinski definition) is 4. The van der Waals surface area contributed by atoms with Crippen molar-refractivity contribution < 1.29 is 9.84 Å². The molecule has 2 aromatic rings. The van der Waals surface area contributed by atoms with Crippen molar-refractivity contribution in [1.82, 2.24) is 4.98 Å². The number of ether oxygens (including phenoxy) is 1. The van der Waals surface area contributed by atoms with Crippen LogP contribution in [0.25, 0.3) is 10.9 Å². The van der Waals surface area contributed by atoms with Gasteiger partial charge in [-0.05, 0) is 49.9 Å². The molecule has 1 spiro atoms. The van der Waals surface area contributed by atoms with Crippen molar-refractivity contribution in [3.63, 3.8) is 0 Å². The van der Waals surface area contributed by atoms with Crippen molar-refractivity contribution in [1.29, 1.82) is 0 Å². The maximum atomic E-state index is 10.4. The quantitative estimate of drug-likeness (QED) is 0.869. The minimum atomic E-state index is -0.332. The number of anilines is 1. The van der Waals surface area contributed by atoms with Gasteiger partial charge in [-0.15, -0.1) is 0 Å². The van der Waals surface area contributed by atoms with Crippen molar-refractivity contribution in [3.05, 3.63) is 35.5 Å². The Labute approximate surface area is 141 Å². The smallest absolute Gasteiger partial charge is 0.0973 e. The summed E-state index contributed by atoms with van der Waals surface area (Å²) in [5.41, 5.74) is 1.78. The molecule has 0 amide bonds. The van der Waals surface area contributed by atoms with E-state index in [1.165, 1.54) is 5.69 Å². The molecule has 2 saturated heterocycles. The standard InChI is InChI=1S/C18H21ClN2O2/c19-13-3-4-14-15(12-13)20-8-5-16(14)21-9-6-18(7-10-21)17(22)2-1-11-23-18/h3-5,8,12,17,22H,1-2,6-7,9-11H2/t17-/m0/s1. The maximum Gasteiger partial charge on any atom is 0.0973 e. The molecule has 3 heterocycles. The van der Waals surface area contributed by atoms with E-state index in [4.69, 9.17) is 16.3 Å². The van der Waals surface area contributed by atoms with E-state index in [1.807, 2.05) is 24.4 Å². The van der Waals surface area contributed by atoms with Gasteiger partial charge in [0.2, 0.25) is 0 Å². The Kier molecular flexibility index (Phi) is 3.92. The Balaban J connectivity index is 1.59. The third kappa shape index (κ3) is 2.69.